The topological polar surface area (TPSA) is 85.6 Å². The Balaban J connectivity index is 2.30. The Morgan fingerprint density at radius 3 is 2.67 bits per heavy atom. The minimum Gasteiger partial charge on any atom is -0.463 e. The van der Waals surface area contributed by atoms with Gasteiger partial charge in [0.1, 0.15) is 5.82 Å². The first-order valence-corrected chi connectivity index (χ1v) is 7.35. The fourth-order valence-corrected chi connectivity index (χ4v) is 2.60. The molecule has 0 radical (unpaired) electrons. The highest BCUT2D eigenvalue weighted by molar-refractivity contribution is 7.92. The van der Waals surface area contributed by atoms with Crippen molar-refractivity contribution in [3.63, 3.8) is 0 Å². The molecule has 1 N–H and O–H groups in total. The van der Waals surface area contributed by atoms with E-state index < -0.39 is 26.9 Å². The fourth-order valence-electron chi connectivity index (χ4n) is 1.44. The van der Waals surface area contributed by atoms with Gasteiger partial charge in [-0.1, -0.05) is 11.6 Å². The normalized spacial score (nSPS) is 11.2. The summed E-state index contributed by atoms with van der Waals surface area (Å²) < 4.78 is 48.8. The molecule has 6 nitrogen and oxygen atoms in total. The number of rotatable bonds is 4. The van der Waals surface area contributed by atoms with E-state index in [1.54, 1.807) is 0 Å². The van der Waals surface area contributed by atoms with Crippen LogP contribution in [0.15, 0.2) is 39.8 Å². The average Bonchev–Trinajstić information content (AvgIpc) is 2.91. The average molecular weight is 334 g/mol. The van der Waals surface area contributed by atoms with Crippen LogP contribution in [0.1, 0.15) is 10.6 Å². The van der Waals surface area contributed by atoms with E-state index in [9.17, 15) is 17.6 Å². The van der Waals surface area contributed by atoms with Crippen molar-refractivity contribution in [2.24, 2.45) is 0 Å². The lowest BCUT2D eigenvalue weighted by molar-refractivity contribution is 0.0559. The third-order valence-electron chi connectivity index (χ3n) is 2.41. The first-order chi connectivity index (χ1) is 9.83. The minimum atomic E-state index is -4.18. The molecule has 0 saturated carbocycles. The van der Waals surface area contributed by atoms with Crippen LogP contribution in [-0.2, 0) is 14.8 Å². The molecule has 0 saturated heterocycles. The summed E-state index contributed by atoms with van der Waals surface area (Å²) in [6.07, 6.45) is 0. The first-order valence-electron chi connectivity index (χ1n) is 5.49. The monoisotopic (exact) mass is 333 g/mol. The number of methoxy groups -OCH3 is 1. The Kier molecular flexibility index (Phi) is 4.19. The summed E-state index contributed by atoms with van der Waals surface area (Å²) in [7, 11) is -3.05. The summed E-state index contributed by atoms with van der Waals surface area (Å²) in [5.74, 6) is -1.95. The molecule has 0 bridgehead atoms. The third-order valence-corrected chi connectivity index (χ3v) is 3.88. The highest BCUT2D eigenvalue weighted by Crippen LogP contribution is 2.23. The van der Waals surface area contributed by atoms with Gasteiger partial charge in [0.2, 0.25) is 10.9 Å². The standard InChI is InChI=1S/C12H9ClFNO5S/c1-19-12(16)10-4-5-11(20-10)21(17,18)15-9-3-2-7(13)6-8(9)14/h2-6,15H,1H3. The third kappa shape index (κ3) is 3.34. The second-order valence-corrected chi connectivity index (χ2v) is 5.89. The van der Waals surface area contributed by atoms with Crippen molar-refractivity contribution in [2.75, 3.05) is 11.8 Å². The first kappa shape index (κ1) is 15.3. The Morgan fingerprint density at radius 2 is 2.05 bits per heavy atom. The van der Waals surface area contributed by atoms with Crippen LogP contribution in [0.3, 0.4) is 0 Å². The summed E-state index contributed by atoms with van der Waals surface area (Å²) >= 11 is 5.57. The van der Waals surface area contributed by atoms with Gasteiger partial charge in [-0.3, -0.25) is 4.72 Å². The molecular formula is C12H9ClFNO5S. The van der Waals surface area contributed by atoms with Crippen LogP contribution in [0.5, 0.6) is 0 Å². The molecule has 0 aliphatic carbocycles. The van der Waals surface area contributed by atoms with Crippen LogP contribution in [0.2, 0.25) is 5.02 Å². The number of furan rings is 1. The van der Waals surface area contributed by atoms with Gasteiger partial charge < -0.3 is 9.15 Å². The number of carbonyl (C=O) groups is 1. The van der Waals surface area contributed by atoms with Crippen LogP contribution in [-0.4, -0.2) is 21.5 Å². The Bertz CT molecular complexity index is 787. The molecule has 1 aromatic heterocycles. The SMILES string of the molecule is COC(=O)c1ccc(S(=O)(=O)Nc2ccc(Cl)cc2F)o1. The molecule has 0 aliphatic heterocycles. The van der Waals surface area contributed by atoms with Gasteiger partial charge in [0.25, 0.3) is 10.0 Å². The van der Waals surface area contributed by atoms with Crippen molar-refractivity contribution in [3.05, 3.63) is 46.9 Å². The van der Waals surface area contributed by atoms with Crippen molar-refractivity contribution >= 4 is 33.3 Å². The molecule has 2 aromatic rings. The zero-order valence-corrected chi connectivity index (χ0v) is 12.2. The number of hydrogen-bond donors (Lipinski definition) is 1. The predicted molar refractivity (Wildman–Crippen MR) is 72.3 cm³/mol. The molecule has 0 unspecified atom stereocenters. The molecule has 0 spiro atoms. The van der Waals surface area contributed by atoms with Crippen LogP contribution >= 0.6 is 11.6 Å². The van der Waals surface area contributed by atoms with Crippen molar-refractivity contribution in [2.45, 2.75) is 5.09 Å². The second kappa shape index (κ2) is 5.74. The van der Waals surface area contributed by atoms with Gasteiger partial charge in [-0.05, 0) is 30.3 Å². The second-order valence-electron chi connectivity index (χ2n) is 3.84. The molecular weight excluding hydrogens is 325 g/mol. The predicted octanol–water partition coefficient (Wildman–Crippen LogP) is 2.66. The number of nitrogens with one attached hydrogen (secondary N) is 1. The van der Waals surface area contributed by atoms with E-state index in [4.69, 9.17) is 16.0 Å². The number of anilines is 1. The zero-order chi connectivity index (χ0) is 15.6. The fraction of sp³-hybridized carbons (Fsp3) is 0.0833. The van der Waals surface area contributed by atoms with Crippen LogP contribution in [0, 0.1) is 5.82 Å². The van der Waals surface area contributed by atoms with Crippen molar-refractivity contribution in [3.8, 4) is 0 Å². The number of benzene rings is 1. The summed E-state index contributed by atoms with van der Waals surface area (Å²) in [5.41, 5.74) is -0.296. The van der Waals surface area contributed by atoms with E-state index in [2.05, 4.69) is 4.74 Å². The maximum atomic E-state index is 13.6. The summed E-state index contributed by atoms with van der Waals surface area (Å²) in [4.78, 5) is 11.2. The van der Waals surface area contributed by atoms with Crippen molar-refractivity contribution in [1.82, 2.24) is 0 Å². The number of carbonyl (C=O) groups excluding carboxylic acids is 1. The molecule has 2 rings (SSSR count). The lowest BCUT2D eigenvalue weighted by Gasteiger charge is -2.06. The summed E-state index contributed by atoms with van der Waals surface area (Å²) in [6.45, 7) is 0. The van der Waals surface area contributed by atoms with Gasteiger partial charge in [-0.25, -0.2) is 9.18 Å². The molecule has 1 heterocycles. The van der Waals surface area contributed by atoms with E-state index in [1.165, 1.54) is 12.1 Å². The summed E-state index contributed by atoms with van der Waals surface area (Å²) in [6, 6.07) is 5.65. The Labute approximate surface area is 124 Å². The van der Waals surface area contributed by atoms with Crippen LogP contribution < -0.4 is 4.72 Å². The van der Waals surface area contributed by atoms with E-state index in [-0.39, 0.29) is 16.5 Å². The molecule has 21 heavy (non-hydrogen) atoms. The van der Waals surface area contributed by atoms with Gasteiger partial charge >= 0.3 is 5.97 Å². The molecule has 0 amide bonds. The Hall–Kier alpha value is -2.06. The summed E-state index contributed by atoms with van der Waals surface area (Å²) in [5, 5.41) is -0.418. The highest BCUT2D eigenvalue weighted by Gasteiger charge is 2.22. The van der Waals surface area contributed by atoms with Gasteiger partial charge in [0, 0.05) is 5.02 Å². The van der Waals surface area contributed by atoms with Gasteiger partial charge in [0.15, 0.2) is 0 Å². The van der Waals surface area contributed by atoms with Crippen LogP contribution in [0.4, 0.5) is 10.1 Å². The van der Waals surface area contributed by atoms with E-state index in [0.29, 0.717) is 0 Å². The van der Waals surface area contributed by atoms with E-state index >= 15 is 0 Å². The van der Waals surface area contributed by atoms with Gasteiger partial charge in [-0.15, -0.1) is 0 Å². The minimum absolute atomic E-state index is 0.126. The number of ether oxygens (including phenoxy) is 1. The lowest BCUT2D eigenvalue weighted by atomic mass is 10.3. The molecule has 0 aliphatic rings. The largest absolute Gasteiger partial charge is 0.463 e. The lowest BCUT2D eigenvalue weighted by Crippen LogP contribution is -2.13. The van der Waals surface area contributed by atoms with Crippen LogP contribution in [0.25, 0.3) is 0 Å². The molecule has 0 fully saturated rings. The van der Waals surface area contributed by atoms with Crippen molar-refractivity contribution in [1.29, 1.82) is 0 Å². The Morgan fingerprint density at radius 1 is 1.33 bits per heavy atom. The van der Waals surface area contributed by atoms with Gasteiger partial charge in [-0.2, -0.15) is 8.42 Å². The van der Waals surface area contributed by atoms with E-state index in [1.807, 2.05) is 4.72 Å². The molecule has 112 valence electrons. The van der Waals surface area contributed by atoms with E-state index in [0.717, 1.165) is 25.3 Å². The van der Waals surface area contributed by atoms with Crippen molar-refractivity contribution < 1.29 is 26.8 Å². The maximum Gasteiger partial charge on any atom is 0.374 e. The number of halogens is 2. The number of sulfonamides is 1. The smallest absolute Gasteiger partial charge is 0.374 e. The number of hydrogen-bond acceptors (Lipinski definition) is 5. The zero-order valence-electron chi connectivity index (χ0n) is 10.6. The maximum absolute atomic E-state index is 13.6. The van der Waals surface area contributed by atoms with Gasteiger partial charge in [0.05, 0.1) is 12.8 Å². The molecule has 0 atom stereocenters. The molecule has 1 aromatic carbocycles. The molecule has 9 heteroatoms. The quantitative estimate of drug-likeness (QED) is 0.869. The number of esters is 1. The highest BCUT2D eigenvalue weighted by atomic mass is 35.5.